The van der Waals surface area contributed by atoms with E-state index in [0.717, 1.165) is 0 Å². The van der Waals surface area contributed by atoms with E-state index in [-0.39, 0.29) is 35.2 Å². The minimum Gasteiger partial charge on any atom is -0.397 e. The van der Waals surface area contributed by atoms with Gasteiger partial charge in [0.05, 0.1) is 23.7 Å². The summed E-state index contributed by atoms with van der Waals surface area (Å²) in [6.45, 7) is 0.831. The van der Waals surface area contributed by atoms with Gasteiger partial charge in [-0.25, -0.2) is 4.39 Å². The summed E-state index contributed by atoms with van der Waals surface area (Å²) in [7, 11) is 0. The lowest BCUT2D eigenvalue weighted by atomic mass is 10.0. The van der Waals surface area contributed by atoms with E-state index in [0.29, 0.717) is 13.0 Å². The van der Waals surface area contributed by atoms with E-state index in [9.17, 15) is 9.50 Å². The second-order valence-corrected chi connectivity index (χ2v) is 4.82. The first-order valence-corrected chi connectivity index (χ1v) is 5.88. The van der Waals surface area contributed by atoms with Crippen molar-refractivity contribution in [3.63, 3.8) is 0 Å². The Morgan fingerprint density at radius 1 is 1.50 bits per heavy atom. The van der Waals surface area contributed by atoms with Gasteiger partial charge in [-0.15, -0.1) is 0 Å². The van der Waals surface area contributed by atoms with Crippen molar-refractivity contribution in [2.45, 2.75) is 12.0 Å². The van der Waals surface area contributed by atoms with E-state index in [1.807, 2.05) is 0 Å². The second kappa shape index (κ2) is 4.79. The maximum atomic E-state index is 13.9. The number of nitrogens with two attached hydrogens (primary N) is 2. The lowest BCUT2D eigenvalue weighted by Gasteiger charge is -2.22. The summed E-state index contributed by atoms with van der Waals surface area (Å²) in [6, 6.07) is 1.38. The van der Waals surface area contributed by atoms with Gasteiger partial charge in [0, 0.05) is 19.6 Å². The molecule has 7 heteroatoms. The molecular weight excluding hydrogens is 261 g/mol. The topological polar surface area (TPSA) is 93.5 Å². The van der Waals surface area contributed by atoms with Gasteiger partial charge in [-0.1, -0.05) is 11.6 Å². The molecule has 5 nitrogen and oxygen atoms in total. The third kappa shape index (κ3) is 2.45. The number of hydrogen-bond acceptors (Lipinski definition) is 5. The highest BCUT2D eigenvalue weighted by atomic mass is 35.5. The summed E-state index contributed by atoms with van der Waals surface area (Å²) in [4.78, 5) is 0. The van der Waals surface area contributed by atoms with Crippen LogP contribution >= 0.6 is 11.6 Å². The maximum absolute atomic E-state index is 13.9. The Labute approximate surface area is 109 Å². The van der Waals surface area contributed by atoms with Crippen molar-refractivity contribution >= 4 is 28.7 Å². The predicted octanol–water partition coefficient (Wildman–Crippen LogP) is 1.21. The van der Waals surface area contributed by atoms with Crippen LogP contribution in [0.3, 0.4) is 0 Å². The summed E-state index contributed by atoms with van der Waals surface area (Å²) in [6.07, 6.45) is 0.490. The molecule has 1 fully saturated rings. The van der Waals surface area contributed by atoms with Gasteiger partial charge in [0.2, 0.25) is 0 Å². The van der Waals surface area contributed by atoms with Crippen molar-refractivity contribution in [3.05, 3.63) is 16.9 Å². The number of rotatable bonds is 3. The van der Waals surface area contributed by atoms with Crippen LogP contribution in [0.2, 0.25) is 5.02 Å². The molecule has 18 heavy (non-hydrogen) atoms. The van der Waals surface area contributed by atoms with E-state index >= 15 is 0 Å². The van der Waals surface area contributed by atoms with Crippen molar-refractivity contribution < 1.29 is 14.2 Å². The Morgan fingerprint density at radius 2 is 2.22 bits per heavy atom. The Morgan fingerprint density at radius 3 is 2.83 bits per heavy atom. The number of aliphatic hydroxyl groups is 1. The summed E-state index contributed by atoms with van der Waals surface area (Å²) in [5.74, 6) is -0.711. The molecule has 0 radical (unpaired) electrons. The molecular formula is C11H15ClFN3O2. The first-order chi connectivity index (χ1) is 8.43. The molecule has 1 unspecified atom stereocenters. The van der Waals surface area contributed by atoms with E-state index in [1.54, 1.807) is 0 Å². The van der Waals surface area contributed by atoms with E-state index in [1.165, 1.54) is 6.07 Å². The van der Waals surface area contributed by atoms with Gasteiger partial charge in [0.25, 0.3) is 0 Å². The van der Waals surface area contributed by atoms with Crippen molar-refractivity contribution in [2.75, 3.05) is 36.5 Å². The fourth-order valence-electron chi connectivity index (χ4n) is 1.83. The Kier molecular flexibility index (Phi) is 3.52. The highest BCUT2D eigenvalue weighted by Crippen LogP contribution is 2.34. The first kappa shape index (κ1) is 13.2. The summed E-state index contributed by atoms with van der Waals surface area (Å²) < 4.78 is 18.9. The SMILES string of the molecule is Nc1cc(N)c(NCC2(O)CCOC2)c(F)c1Cl. The molecule has 0 saturated carbocycles. The molecule has 0 spiro atoms. The lowest BCUT2D eigenvalue weighted by molar-refractivity contribution is 0.0381. The van der Waals surface area contributed by atoms with Gasteiger partial charge in [-0.3, -0.25) is 0 Å². The molecule has 1 heterocycles. The molecule has 0 amide bonds. The van der Waals surface area contributed by atoms with Crippen LogP contribution in [-0.4, -0.2) is 30.5 Å². The van der Waals surface area contributed by atoms with Crippen LogP contribution in [0.5, 0.6) is 0 Å². The van der Waals surface area contributed by atoms with Crippen LogP contribution in [0.25, 0.3) is 0 Å². The molecule has 1 atom stereocenters. The zero-order valence-electron chi connectivity index (χ0n) is 9.67. The van der Waals surface area contributed by atoms with Crippen molar-refractivity contribution in [3.8, 4) is 0 Å². The Bertz CT molecular complexity index is 464. The Hall–Kier alpha value is -1.24. The quantitative estimate of drug-likeness (QED) is 0.622. The summed E-state index contributed by atoms with van der Waals surface area (Å²) >= 11 is 5.70. The molecule has 0 aliphatic carbocycles. The van der Waals surface area contributed by atoms with Gasteiger partial charge in [0.15, 0.2) is 5.82 Å². The third-order valence-corrected chi connectivity index (χ3v) is 3.33. The van der Waals surface area contributed by atoms with Crippen molar-refractivity contribution in [2.24, 2.45) is 0 Å². The number of ether oxygens (including phenoxy) is 1. The number of benzene rings is 1. The van der Waals surface area contributed by atoms with Crippen LogP contribution in [-0.2, 0) is 4.74 Å². The molecule has 1 aliphatic heterocycles. The molecule has 100 valence electrons. The normalized spacial score (nSPS) is 23.3. The van der Waals surface area contributed by atoms with Crippen LogP contribution < -0.4 is 16.8 Å². The number of anilines is 3. The number of nitrogen functional groups attached to an aromatic ring is 2. The van der Waals surface area contributed by atoms with Gasteiger partial charge in [-0.05, 0) is 6.07 Å². The molecule has 1 aromatic rings. The number of nitrogens with one attached hydrogen (secondary N) is 1. The fraction of sp³-hybridized carbons (Fsp3) is 0.455. The van der Waals surface area contributed by atoms with E-state index < -0.39 is 11.4 Å². The molecule has 0 bridgehead atoms. The smallest absolute Gasteiger partial charge is 0.169 e. The van der Waals surface area contributed by atoms with Crippen molar-refractivity contribution in [1.29, 1.82) is 0 Å². The van der Waals surface area contributed by atoms with Gasteiger partial charge < -0.3 is 26.6 Å². The third-order valence-electron chi connectivity index (χ3n) is 2.94. The maximum Gasteiger partial charge on any atom is 0.169 e. The average molecular weight is 276 g/mol. The predicted molar refractivity (Wildman–Crippen MR) is 69.1 cm³/mol. The highest BCUT2D eigenvalue weighted by Gasteiger charge is 2.32. The standard InChI is InChI=1S/C11H15ClFN3O2/c12-8-6(14)3-7(15)10(9(8)13)16-4-11(17)1-2-18-5-11/h3,16-17H,1-2,4-5,14-15H2. The van der Waals surface area contributed by atoms with Crippen LogP contribution in [0, 0.1) is 5.82 Å². The molecule has 1 saturated heterocycles. The molecule has 6 N–H and O–H groups in total. The lowest BCUT2D eigenvalue weighted by Crippen LogP contribution is -2.37. The van der Waals surface area contributed by atoms with E-state index in [2.05, 4.69) is 5.32 Å². The highest BCUT2D eigenvalue weighted by molar-refractivity contribution is 6.33. The van der Waals surface area contributed by atoms with Crippen LogP contribution in [0.1, 0.15) is 6.42 Å². The second-order valence-electron chi connectivity index (χ2n) is 4.44. The average Bonchev–Trinajstić information content (AvgIpc) is 2.73. The number of hydrogen-bond donors (Lipinski definition) is 4. The van der Waals surface area contributed by atoms with Gasteiger partial charge in [0.1, 0.15) is 10.6 Å². The summed E-state index contributed by atoms with van der Waals surface area (Å²) in [5.41, 5.74) is 10.4. The summed E-state index contributed by atoms with van der Waals surface area (Å²) in [5, 5.41) is 12.6. The molecule has 0 aromatic heterocycles. The zero-order chi connectivity index (χ0) is 13.3. The number of halogens is 2. The largest absolute Gasteiger partial charge is 0.397 e. The fourth-order valence-corrected chi connectivity index (χ4v) is 1.98. The Balaban J connectivity index is 2.17. The molecule has 1 aliphatic rings. The van der Waals surface area contributed by atoms with Gasteiger partial charge >= 0.3 is 0 Å². The van der Waals surface area contributed by atoms with E-state index in [4.69, 9.17) is 27.8 Å². The van der Waals surface area contributed by atoms with Crippen molar-refractivity contribution in [1.82, 2.24) is 0 Å². The zero-order valence-corrected chi connectivity index (χ0v) is 10.4. The molecule has 2 rings (SSSR count). The first-order valence-electron chi connectivity index (χ1n) is 5.50. The monoisotopic (exact) mass is 275 g/mol. The van der Waals surface area contributed by atoms with Crippen LogP contribution in [0.15, 0.2) is 6.07 Å². The minimum absolute atomic E-state index is 0.0505. The minimum atomic E-state index is -1.01. The van der Waals surface area contributed by atoms with Gasteiger partial charge in [-0.2, -0.15) is 0 Å². The molecule has 1 aromatic carbocycles. The van der Waals surface area contributed by atoms with Crippen LogP contribution in [0.4, 0.5) is 21.5 Å².